The Morgan fingerprint density at radius 1 is 1.00 bits per heavy atom. The Balaban J connectivity index is 1.20. The van der Waals surface area contributed by atoms with Crippen molar-refractivity contribution in [3.05, 3.63) is 60.2 Å². The Hall–Kier alpha value is -2.00. The first kappa shape index (κ1) is 19.9. The van der Waals surface area contributed by atoms with Crippen molar-refractivity contribution in [3.63, 3.8) is 0 Å². The number of hydrogen-bond donors (Lipinski definition) is 0. The minimum absolute atomic E-state index is 0.0543. The second-order valence-electron chi connectivity index (χ2n) is 9.96. The second-order valence-corrected chi connectivity index (χ2v) is 10.9. The summed E-state index contributed by atoms with van der Waals surface area (Å²) in [6.07, 6.45) is 3.59. The Morgan fingerprint density at radius 3 is 2.37 bits per heavy atom. The zero-order valence-corrected chi connectivity index (χ0v) is 18.9. The van der Waals surface area contributed by atoms with Gasteiger partial charge in [0.1, 0.15) is 6.10 Å². The zero-order chi connectivity index (χ0) is 20.9. The van der Waals surface area contributed by atoms with Crippen molar-refractivity contribution in [2.45, 2.75) is 51.9 Å². The smallest absolute Gasteiger partial charge is 0.316 e. The van der Waals surface area contributed by atoms with E-state index in [0.29, 0.717) is 11.7 Å². The molecule has 3 atom stereocenters. The molecule has 2 fully saturated rings. The first-order chi connectivity index (χ1) is 14.4. The van der Waals surface area contributed by atoms with Crippen molar-refractivity contribution in [3.8, 4) is 0 Å². The summed E-state index contributed by atoms with van der Waals surface area (Å²) in [7, 11) is 0. The summed E-state index contributed by atoms with van der Waals surface area (Å²) in [6, 6.07) is 19.6. The third kappa shape index (κ3) is 3.22. The second kappa shape index (κ2) is 7.30. The van der Waals surface area contributed by atoms with Crippen LogP contribution in [0, 0.1) is 16.7 Å². The maximum absolute atomic E-state index is 12.5. The summed E-state index contributed by atoms with van der Waals surface area (Å²) >= 11 is 1.65. The molecule has 0 spiro atoms. The molecule has 2 aliphatic rings. The van der Waals surface area contributed by atoms with Crippen LogP contribution >= 0.6 is 11.8 Å². The number of ether oxygens (including phenoxy) is 1. The van der Waals surface area contributed by atoms with Gasteiger partial charge in [-0.1, -0.05) is 63.2 Å². The molecule has 3 aromatic carbocycles. The number of thioether (sulfide) groups is 1. The number of hydrogen-bond acceptors (Lipinski definition) is 3. The van der Waals surface area contributed by atoms with Gasteiger partial charge in [-0.3, -0.25) is 4.79 Å². The average Bonchev–Trinajstić information content (AvgIpc) is 3.06. The summed E-state index contributed by atoms with van der Waals surface area (Å²) in [5.41, 5.74) is 1.67. The van der Waals surface area contributed by atoms with Crippen LogP contribution < -0.4 is 0 Å². The van der Waals surface area contributed by atoms with Crippen molar-refractivity contribution < 1.29 is 9.53 Å². The van der Waals surface area contributed by atoms with Crippen LogP contribution in [-0.2, 0) is 15.3 Å². The zero-order valence-electron chi connectivity index (χ0n) is 18.1. The molecule has 2 saturated carbocycles. The monoisotopic (exact) mass is 418 g/mol. The number of rotatable bonds is 5. The van der Waals surface area contributed by atoms with Crippen molar-refractivity contribution in [2.75, 3.05) is 5.75 Å². The molecule has 5 rings (SSSR count). The summed E-state index contributed by atoms with van der Waals surface area (Å²) < 4.78 is 5.98. The summed E-state index contributed by atoms with van der Waals surface area (Å²) in [6.45, 7) is 7.04. The molecule has 2 nitrogen and oxygen atoms in total. The largest absolute Gasteiger partial charge is 0.461 e. The fraction of sp³-hybridized carbons (Fsp3) is 0.444. The first-order valence-electron chi connectivity index (χ1n) is 11.1. The predicted octanol–water partition coefficient (Wildman–Crippen LogP) is 6.98. The fourth-order valence-corrected chi connectivity index (χ4v) is 6.58. The molecule has 0 aliphatic heterocycles. The fourth-order valence-electron chi connectivity index (χ4n) is 5.83. The van der Waals surface area contributed by atoms with Gasteiger partial charge in [0.05, 0.1) is 5.75 Å². The number of esters is 1. The molecule has 0 N–H and O–H groups in total. The van der Waals surface area contributed by atoms with Crippen LogP contribution in [0.3, 0.4) is 0 Å². The Bertz CT molecular complexity index is 1120. The van der Waals surface area contributed by atoms with Gasteiger partial charge in [0.15, 0.2) is 0 Å². The molecule has 30 heavy (non-hydrogen) atoms. The van der Waals surface area contributed by atoms with E-state index >= 15 is 0 Å². The molecule has 2 aliphatic carbocycles. The highest BCUT2D eigenvalue weighted by atomic mass is 32.2. The Kier molecular flexibility index (Phi) is 4.85. The molecule has 0 radical (unpaired) electrons. The van der Waals surface area contributed by atoms with E-state index in [1.165, 1.54) is 39.9 Å². The average molecular weight is 419 g/mol. The molecule has 0 amide bonds. The minimum atomic E-state index is -0.0543. The van der Waals surface area contributed by atoms with E-state index in [-0.39, 0.29) is 22.9 Å². The van der Waals surface area contributed by atoms with Gasteiger partial charge in [-0.2, -0.15) is 0 Å². The molecular formula is C27H30O2S. The van der Waals surface area contributed by atoms with Crippen LogP contribution in [0.25, 0.3) is 21.5 Å². The third-order valence-corrected chi connectivity index (χ3v) is 9.22. The van der Waals surface area contributed by atoms with Crippen LogP contribution in [0.4, 0.5) is 0 Å². The highest BCUT2D eigenvalue weighted by Gasteiger charge is 2.62. The summed E-state index contributed by atoms with van der Waals surface area (Å²) in [5.74, 6) is 1.89. The standard InChI is InChI=1S/C27H30O2S/c1-26(2)23-10-11-27(26,3)24(15-23)29-25(28)17-30-16-18-8-9-21-13-19-6-4-5-7-20(19)14-22(21)12-18/h4-9,12-14,23-24H,10-11,15-17H2,1-3H3. The van der Waals surface area contributed by atoms with Gasteiger partial charge in [0.25, 0.3) is 0 Å². The van der Waals surface area contributed by atoms with Crippen LogP contribution in [0.15, 0.2) is 54.6 Å². The molecule has 3 heteroatoms. The van der Waals surface area contributed by atoms with E-state index < -0.39 is 0 Å². The van der Waals surface area contributed by atoms with Gasteiger partial charge in [0.2, 0.25) is 0 Å². The number of fused-ring (bicyclic) bond motifs is 4. The Labute approximate surface area is 183 Å². The predicted molar refractivity (Wildman–Crippen MR) is 127 cm³/mol. The van der Waals surface area contributed by atoms with Crippen molar-refractivity contribution in [2.24, 2.45) is 16.7 Å². The lowest BCUT2D eigenvalue weighted by Crippen LogP contribution is -2.38. The van der Waals surface area contributed by atoms with Crippen LogP contribution in [0.5, 0.6) is 0 Å². The van der Waals surface area contributed by atoms with Gasteiger partial charge < -0.3 is 4.74 Å². The van der Waals surface area contributed by atoms with E-state index in [1.54, 1.807) is 11.8 Å². The van der Waals surface area contributed by atoms with Crippen molar-refractivity contribution in [1.82, 2.24) is 0 Å². The molecule has 0 aromatic heterocycles. The van der Waals surface area contributed by atoms with Gasteiger partial charge in [-0.25, -0.2) is 0 Å². The quantitative estimate of drug-likeness (QED) is 0.330. The third-order valence-electron chi connectivity index (χ3n) is 8.25. The molecule has 156 valence electrons. The van der Waals surface area contributed by atoms with Gasteiger partial charge >= 0.3 is 5.97 Å². The van der Waals surface area contributed by atoms with Crippen LogP contribution in [0.2, 0.25) is 0 Å². The lowest BCUT2D eigenvalue weighted by molar-refractivity contribution is -0.153. The minimum Gasteiger partial charge on any atom is -0.461 e. The Morgan fingerprint density at radius 2 is 1.70 bits per heavy atom. The van der Waals surface area contributed by atoms with E-state index in [9.17, 15) is 4.79 Å². The van der Waals surface area contributed by atoms with E-state index in [4.69, 9.17) is 4.74 Å². The maximum Gasteiger partial charge on any atom is 0.316 e. The highest BCUT2D eigenvalue weighted by Crippen LogP contribution is 2.66. The summed E-state index contributed by atoms with van der Waals surface area (Å²) in [5, 5.41) is 5.05. The van der Waals surface area contributed by atoms with E-state index in [2.05, 4.69) is 75.4 Å². The van der Waals surface area contributed by atoms with Gasteiger partial charge in [-0.05, 0) is 69.8 Å². The topological polar surface area (TPSA) is 26.3 Å². The lowest BCUT2D eigenvalue weighted by atomic mass is 9.70. The molecule has 0 saturated heterocycles. The summed E-state index contributed by atoms with van der Waals surface area (Å²) in [4.78, 5) is 12.5. The normalized spacial score (nSPS) is 27.0. The molecule has 3 unspecified atom stereocenters. The molecular weight excluding hydrogens is 388 g/mol. The number of carbonyl (C=O) groups excluding carboxylic acids is 1. The molecule has 2 bridgehead atoms. The number of carbonyl (C=O) groups is 1. The van der Waals surface area contributed by atoms with Gasteiger partial charge in [-0.15, -0.1) is 11.8 Å². The van der Waals surface area contributed by atoms with Crippen LogP contribution in [-0.4, -0.2) is 17.8 Å². The highest BCUT2D eigenvalue weighted by molar-refractivity contribution is 7.99. The van der Waals surface area contributed by atoms with E-state index in [0.717, 1.165) is 12.2 Å². The van der Waals surface area contributed by atoms with Crippen LogP contribution in [0.1, 0.15) is 45.6 Å². The van der Waals surface area contributed by atoms with Crippen molar-refractivity contribution in [1.29, 1.82) is 0 Å². The maximum atomic E-state index is 12.5. The van der Waals surface area contributed by atoms with Gasteiger partial charge in [0, 0.05) is 11.2 Å². The van der Waals surface area contributed by atoms with Crippen molar-refractivity contribution >= 4 is 39.3 Å². The molecule has 3 aromatic rings. The SMILES string of the molecule is CC1(C)C2CCC1(C)C(OC(=O)CSCc1ccc3cc4ccccc4cc3c1)C2. The number of benzene rings is 3. The lowest BCUT2D eigenvalue weighted by Gasteiger charge is -2.38. The molecule has 0 heterocycles. The first-order valence-corrected chi connectivity index (χ1v) is 12.2. The van der Waals surface area contributed by atoms with E-state index in [1.807, 2.05) is 0 Å².